The molecule has 0 aliphatic carbocycles. The van der Waals surface area contributed by atoms with E-state index in [1.54, 1.807) is 12.4 Å². The van der Waals surface area contributed by atoms with Crippen molar-refractivity contribution in [2.75, 3.05) is 25.0 Å². The zero-order chi connectivity index (χ0) is 20.3. The summed E-state index contributed by atoms with van der Waals surface area (Å²) < 4.78 is 1.88. The van der Waals surface area contributed by atoms with Crippen molar-refractivity contribution in [2.45, 2.75) is 59.5 Å². The maximum Gasteiger partial charge on any atom is 0.319 e. The van der Waals surface area contributed by atoms with Crippen LogP contribution in [0.5, 0.6) is 0 Å². The van der Waals surface area contributed by atoms with Crippen molar-refractivity contribution < 1.29 is 4.79 Å². The van der Waals surface area contributed by atoms with E-state index in [2.05, 4.69) is 60.2 Å². The number of piperidine rings is 1. The van der Waals surface area contributed by atoms with E-state index < -0.39 is 0 Å². The van der Waals surface area contributed by atoms with E-state index in [0.29, 0.717) is 24.2 Å². The zero-order valence-electron chi connectivity index (χ0n) is 17.8. The first-order valence-electron chi connectivity index (χ1n) is 10.5. The number of nitrogens with one attached hydrogen (secondary N) is 2. The minimum absolute atomic E-state index is 0.187. The SMILES string of the molecule is CC1CCN(C(CNC(=O)Nc2cnc3c(cnn3C(C)C)c2)C(C)C)CC1. The molecule has 3 rings (SSSR count). The summed E-state index contributed by atoms with van der Waals surface area (Å²) in [5.41, 5.74) is 1.52. The van der Waals surface area contributed by atoms with E-state index in [1.165, 1.54) is 12.8 Å². The number of rotatable bonds is 6. The van der Waals surface area contributed by atoms with Crippen molar-refractivity contribution >= 4 is 22.8 Å². The molecule has 154 valence electrons. The molecule has 0 radical (unpaired) electrons. The zero-order valence-corrected chi connectivity index (χ0v) is 17.8. The van der Waals surface area contributed by atoms with Crippen LogP contribution in [0.3, 0.4) is 0 Å². The number of aromatic nitrogens is 3. The molecule has 7 nitrogen and oxygen atoms in total. The molecule has 2 N–H and O–H groups in total. The van der Waals surface area contributed by atoms with Crippen molar-refractivity contribution in [1.29, 1.82) is 0 Å². The molecule has 2 aromatic heterocycles. The summed E-state index contributed by atoms with van der Waals surface area (Å²) in [6.07, 6.45) is 5.96. The number of carbonyl (C=O) groups is 1. The average molecular weight is 387 g/mol. The molecule has 1 fully saturated rings. The molecule has 0 aromatic carbocycles. The van der Waals surface area contributed by atoms with Gasteiger partial charge in [0.1, 0.15) is 0 Å². The van der Waals surface area contributed by atoms with Gasteiger partial charge in [-0.05, 0) is 57.7 Å². The van der Waals surface area contributed by atoms with Gasteiger partial charge in [0, 0.05) is 24.0 Å². The lowest BCUT2D eigenvalue weighted by molar-refractivity contribution is 0.108. The van der Waals surface area contributed by atoms with Crippen LogP contribution in [0.4, 0.5) is 10.5 Å². The van der Waals surface area contributed by atoms with Crippen LogP contribution in [0.15, 0.2) is 18.5 Å². The molecule has 0 bridgehead atoms. The molecular formula is C21H34N6O. The summed E-state index contributed by atoms with van der Waals surface area (Å²) in [4.78, 5) is 19.4. The predicted octanol–water partition coefficient (Wildman–Crippen LogP) is 3.89. The molecule has 1 unspecified atom stereocenters. The number of carbonyl (C=O) groups excluding carboxylic acids is 1. The molecule has 1 saturated heterocycles. The lowest BCUT2D eigenvalue weighted by Gasteiger charge is -2.38. The van der Waals surface area contributed by atoms with Crippen LogP contribution in [0, 0.1) is 11.8 Å². The fourth-order valence-corrected chi connectivity index (χ4v) is 3.91. The van der Waals surface area contributed by atoms with E-state index >= 15 is 0 Å². The molecule has 0 saturated carbocycles. The molecule has 1 aliphatic heterocycles. The Kier molecular flexibility index (Phi) is 6.54. The Morgan fingerprint density at radius 1 is 1.21 bits per heavy atom. The van der Waals surface area contributed by atoms with Crippen LogP contribution in [-0.2, 0) is 0 Å². The topological polar surface area (TPSA) is 75.1 Å². The second-order valence-electron chi connectivity index (χ2n) is 8.68. The van der Waals surface area contributed by atoms with Crippen molar-refractivity contribution in [3.63, 3.8) is 0 Å². The number of hydrogen-bond donors (Lipinski definition) is 2. The predicted molar refractivity (Wildman–Crippen MR) is 114 cm³/mol. The third-order valence-electron chi connectivity index (χ3n) is 5.71. The molecular weight excluding hydrogens is 352 g/mol. The van der Waals surface area contributed by atoms with Crippen molar-refractivity contribution in [3.8, 4) is 0 Å². The fraction of sp³-hybridized carbons (Fsp3) is 0.667. The van der Waals surface area contributed by atoms with Gasteiger partial charge in [0.25, 0.3) is 0 Å². The fourth-order valence-electron chi connectivity index (χ4n) is 3.91. The van der Waals surface area contributed by atoms with E-state index in [4.69, 9.17) is 0 Å². The van der Waals surface area contributed by atoms with E-state index in [-0.39, 0.29) is 12.1 Å². The third kappa shape index (κ3) is 4.82. The maximum absolute atomic E-state index is 12.4. The summed E-state index contributed by atoms with van der Waals surface area (Å²) in [6, 6.07) is 2.34. The van der Waals surface area contributed by atoms with Crippen molar-refractivity contribution in [3.05, 3.63) is 18.5 Å². The lowest BCUT2D eigenvalue weighted by atomic mass is 9.94. The van der Waals surface area contributed by atoms with Crippen molar-refractivity contribution in [2.24, 2.45) is 11.8 Å². The Morgan fingerprint density at radius 3 is 2.57 bits per heavy atom. The molecule has 2 aromatic rings. The first-order chi connectivity index (χ1) is 13.3. The van der Waals surface area contributed by atoms with Gasteiger partial charge in [-0.25, -0.2) is 14.5 Å². The Labute approximate surface area is 167 Å². The summed E-state index contributed by atoms with van der Waals surface area (Å²) in [6.45, 7) is 13.8. The van der Waals surface area contributed by atoms with E-state index in [1.807, 2.05) is 10.7 Å². The van der Waals surface area contributed by atoms with E-state index in [9.17, 15) is 4.79 Å². The van der Waals surface area contributed by atoms with Crippen molar-refractivity contribution in [1.82, 2.24) is 25.0 Å². The summed E-state index contributed by atoms with van der Waals surface area (Å²) in [5.74, 6) is 1.30. The second kappa shape index (κ2) is 8.90. The number of amides is 2. The molecule has 7 heteroatoms. The van der Waals surface area contributed by atoms with Crippen LogP contribution in [0.2, 0.25) is 0 Å². The van der Waals surface area contributed by atoms with Crippen LogP contribution in [0.25, 0.3) is 11.0 Å². The first kappa shape index (κ1) is 20.6. The normalized spacial score (nSPS) is 17.4. The van der Waals surface area contributed by atoms with Crippen LogP contribution >= 0.6 is 0 Å². The highest BCUT2D eigenvalue weighted by Gasteiger charge is 2.26. The number of fused-ring (bicyclic) bond motifs is 1. The minimum Gasteiger partial charge on any atom is -0.336 e. The van der Waals surface area contributed by atoms with E-state index in [0.717, 1.165) is 30.0 Å². The number of nitrogens with zero attached hydrogens (tertiary/aromatic N) is 4. The number of hydrogen-bond acceptors (Lipinski definition) is 4. The summed E-state index contributed by atoms with van der Waals surface area (Å²) >= 11 is 0. The van der Waals surface area contributed by atoms with Gasteiger partial charge in [-0.1, -0.05) is 20.8 Å². The molecule has 1 atom stereocenters. The van der Waals surface area contributed by atoms with Crippen LogP contribution in [0.1, 0.15) is 53.5 Å². The summed E-state index contributed by atoms with van der Waals surface area (Å²) in [7, 11) is 0. The second-order valence-corrected chi connectivity index (χ2v) is 8.68. The minimum atomic E-state index is -0.187. The number of likely N-dealkylation sites (tertiary alicyclic amines) is 1. The van der Waals surface area contributed by atoms with Gasteiger partial charge in [-0.15, -0.1) is 0 Å². The average Bonchev–Trinajstić information content (AvgIpc) is 3.06. The monoisotopic (exact) mass is 386 g/mol. The Hall–Kier alpha value is -2.15. The number of pyridine rings is 1. The quantitative estimate of drug-likeness (QED) is 0.790. The van der Waals surface area contributed by atoms with Gasteiger partial charge in [0.2, 0.25) is 0 Å². The molecule has 3 heterocycles. The van der Waals surface area contributed by atoms with Gasteiger partial charge < -0.3 is 10.6 Å². The van der Waals surface area contributed by atoms with Gasteiger partial charge in [0.05, 0.1) is 18.1 Å². The third-order valence-corrected chi connectivity index (χ3v) is 5.71. The highest BCUT2D eigenvalue weighted by Crippen LogP contribution is 2.21. The maximum atomic E-state index is 12.4. The highest BCUT2D eigenvalue weighted by molar-refractivity contribution is 5.91. The van der Waals surface area contributed by atoms with Gasteiger partial charge >= 0.3 is 6.03 Å². The summed E-state index contributed by atoms with van der Waals surface area (Å²) in [5, 5.41) is 11.3. The Balaban J connectivity index is 1.57. The largest absolute Gasteiger partial charge is 0.336 e. The lowest BCUT2D eigenvalue weighted by Crippen LogP contribution is -2.50. The Bertz CT molecular complexity index is 791. The van der Waals surface area contributed by atoms with Crippen LogP contribution in [-0.4, -0.2) is 51.4 Å². The molecule has 28 heavy (non-hydrogen) atoms. The Morgan fingerprint density at radius 2 is 1.93 bits per heavy atom. The van der Waals surface area contributed by atoms with Gasteiger partial charge in [0.15, 0.2) is 5.65 Å². The standard InChI is InChI=1S/C21H34N6O/c1-14(2)19(26-8-6-16(5)7-9-26)13-23-21(28)25-18-10-17-11-24-27(15(3)4)20(17)22-12-18/h10-12,14-16,19H,6-9,13H2,1-5H3,(H2,23,25,28). The highest BCUT2D eigenvalue weighted by atomic mass is 16.2. The molecule has 2 amide bonds. The number of urea groups is 1. The smallest absolute Gasteiger partial charge is 0.319 e. The number of anilines is 1. The van der Waals surface area contributed by atoms with Gasteiger partial charge in [-0.2, -0.15) is 5.10 Å². The molecule has 0 spiro atoms. The van der Waals surface area contributed by atoms with Gasteiger partial charge in [-0.3, -0.25) is 4.90 Å². The first-order valence-corrected chi connectivity index (χ1v) is 10.5. The van der Waals surface area contributed by atoms with Crippen LogP contribution < -0.4 is 10.6 Å². The molecule has 1 aliphatic rings.